The third-order valence-corrected chi connectivity index (χ3v) is 12.6. The van der Waals surface area contributed by atoms with Crippen molar-refractivity contribution in [1.29, 1.82) is 0 Å². The van der Waals surface area contributed by atoms with Gasteiger partial charge in [0.2, 0.25) is 5.78 Å². The van der Waals surface area contributed by atoms with Gasteiger partial charge in [-0.2, -0.15) is 0 Å². The van der Waals surface area contributed by atoms with E-state index in [9.17, 15) is 19.5 Å². The molecule has 1 saturated heterocycles. The van der Waals surface area contributed by atoms with Gasteiger partial charge in [-0.15, -0.1) is 0 Å². The number of alkyl carbamates (subject to hydrolysis) is 1. The highest BCUT2D eigenvalue weighted by Gasteiger charge is 2.80. The van der Waals surface area contributed by atoms with Crippen molar-refractivity contribution in [2.45, 2.75) is 109 Å². The average Bonchev–Trinajstić information content (AvgIpc) is 3.60. The number of ketones is 2. The summed E-state index contributed by atoms with van der Waals surface area (Å²) in [6.07, 6.45) is -0.103. The third-order valence-electron chi connectivity index (χ3n) is 12.6. The maximum absolute atomic E-state index is 17.7. The largest absolute Gasteiger partial charge is 0.486 e. The molecule has 4 fully saturated rings. The Kier molecular flexibility index (Phi) is 9.45. The quantitative estimate of drug-likeness (QED) is 0.283. The summed E-state index contributed by atoms with van der Waals surface area (Å²) >= 11 is 0. The molecule has 2 aromatic rings. The highest BCUT2D eigenvalue weighted by molar-refractivity contribution is 6.01. The molecular weight excluding hydrogens is 672 g/mol. The van der Waals surface area contributed by atoms with E-state index in [0.29, 0.717) is 12.2 Å². The van der Waals surface area contributed by atoms with Crippen LogP contribution < -0.4 is 10.1 Å². The second-order valence-corrected chi connectivity index (χ2v) is 15.6. The number of nitrogens with one attached hydrogen (secondary N) is 1. The Balaban J connectivity index is 1.05. The molecule has 1 aliphatic heterocycles. The van der Waals surface area contributed by atoms with Crippen molar-refractivity contribution >= 4 is 17.7 Å². The predicted molar refractivity (Wildman–Crippen MR) is 187 cm³/mol. The first-order valence-corrected chi connectivity index (χ1v) is 18.3. The zero-order valence-corrected chi connectivity index (χ0v) is 30.0. The SMILES string of the molecule is CCCC1O[C@@H]2C[C@H]3[C@@H]4C[C@H](F)C5=CC(=O)C=C[C@]5(C)[C@@]4(F)[C@@H](O)C[C@]3(C)[C@]2(C(=O)COc2ccc(CNC(=O)OCc3ccc(C)cc3)cc2)O1. The molecule has 0 spiro atoms. The lowest BCUT2D eigenvalue weighted by atomic mass is 9.44. The van der Waals surface area contributed by atoms with Crippen LogP contribution in [0.3, 0.4) is 0 Å². The van der Waals surface area contributed by atoms with Crippen molar-refractivity contribution in [3.63, 3.8) is 0 Å². The van der Waals surface area contributed by atoms with Crippen molar-refractivity contribution in [2.24, 2.45) is 22.7 Å². The first kappa shape index (κ1) is 36.4. The van der Waals surface area contributed by atoms with Crippen LogP contribution in [-0.4, -0.2) is 65.3 Å². The molecule has 4 aliphatic carbocycles. The summed E-state index contributed by atoms with van der Waals surface area (Å²) in [7, 11) is 0. The number of hydrogen-bond acceptors (Lipinski definition) is 8. The maximum Gasteiger partial charge on any atom is 0.407 e. The zero-order valence-electron chi connectivity index (χ0n) is 30.0. The Morgan fingerprint density at radius 1 is 1.04 bits per heavy atom. The van der Waals surface area contributed by atoms with Gasteiger partial charge in [-0.25, -0.2) is 13.6 Å². The van der Waals surface area contributed by atoms with E-state index in [1.54, 1.807) is 31.2 Å². The number of carbonyl (C=O) groups is 3. The van der Waals surface area contributed by atoms with Gasteiger partial charge in [0.15, 0.2) is 23.3 Å². The van der Waals surface area contributed by atoms with E-state index in [1.807, 2.05) is 45.0 Å². The molecule has 2 N–H and O–H groups in total. The number of carbonyl (C=O) groups excluding carboxylic acids is 3. The number of benzene rings is 2. The first-order chi connectivity index (χ1) is 24.7. The smallest absolute Gasteiger partial charge is 0.407 e. The maximum atomic E-state index is 17.7. The second-order valence-electron chi connectivity index (χ2n) is 15.6. The Labute approximate surface area is 302 Å². The topological polar surface area (TPSA) is 120 Å². The molecule has 1 heterocycles. The Bertz CT molecular complexity index is 1780. The van der Waals surface area contributed by atoms with Crippen LogP contribution in [0.2, 0.25) is 0 Å². The number of hydrogen-bond donors (Lipinski definition) is 2. The molecule has 7 rings (SSSR count). The van der Waals surface area contributed by atoms with Crippen LogP contribution in [0.15, 0.2) is 72.3 Å². The number of fused-ring (bicyclic) bond motifs is 7. The minimum absolute atomic E-state index is 0.0501. The van der Waals surface area contributed by atoms with E-state index < -0.39 is 70.5 Å². The summed E-state index contributed by atoms with van der Waals surface area (Å²) in [6.45, 7) is 7.38. The summed E-state index contributed by atoms with van der Waals surface area (Å²) in [6, 6.07) is 14.7. The van der Waals surface area contributed by atoms with Gasteiger partial charge in [-0.1, -0.05) is 68.3 Å². The molecule has 5 aliphatic rings. The van der Waals surface area contributed by atoms with Crippen molar-refractivity contribution in [1.82, 2.24) is 5.32 Å². The standard InChI is InChI=1S/C41H47F2NO8/c1-5-6-36-51-35-19-29-30-18-32(42)31-17-27(45)15-16-38(31,3)40(30,43)33(46)20-39(29,4)41(35,52-36)34(47)23-49-28-13-11-25(12-14-28)21-44-37(48)50-22-26-9-7-24(2)8-10-26/h7-17,29-30,32-33,35-36,46H,5-6,18-23H2,1-4H3,(H,44,48)/t29-,30-,32-,33-,35+,36?,38-,39-,40-,41+/m0/s1. The summed E-state index contributed by atoms with van der Waals surface area (Å²) in [5.41, 5.74) is -3.61. The van der Waals surface area contributed by atoms with Gasteiger partial charge < -0.3 is 29.4 Å². The number of aliphatic hydroxyl groups is 1. The van der Waals surface area contributed by atoms with Crippen molar-refractivity contribution in [3.05, 3.63) is 89.0 Å². The molecule has 11 heteroatoms. The van der Waals surface area contributed by atoms with Gasteiger partial charge in [0.25, 0.3) is 0 Å². The molecule has 0 bridgehead atoms. The Morgan fingerprint density at radius 2 is 1.75 bits per heavy atom. The summed E-state index contributed by atoms with van der Waals surface area (Å²) in [4.78, 5) is 38.9. The van der Waals surface area contributed by atoms with Crippen molar-refractivity contribution in [3.8, 4) is 5.75 Å². The van der Waals surface area contributed by atoms with Crippen LogP contribution in [0.1, 0.15) is 69.6 Å². The number of alkyl halides is 2. The number of allylic oxidation sites excluding steroid dienone is 4. The van der Waals surface area contributed by atoms with Crippen LogP contribution in [-0.2, 0) is 37.0 Å². The number of amides is 1. The fourth-order valence-corrected chi connectivity index (χ4v) is 9.90. The van der Waals surface area contributed by atoms with Crippen molar-refractivity contribution in [2.75, 3.05) is 6.61 Å². The summed E-state index contributed by atoms with van der Waals surface area (Å²) in [5, 5.41) is 14.5. The molecule has 3 saturated carbocycles. The zero-order chi connectivity index (χ0) is 37.1. The van der Waals surface area contributed by atoms with Crippen molar-refractivity contribution < 1.29 is 47.2 Å². The molecule has 1 unspecified atom stereocenters. The van der Waals surface area contributed by atoms with E-state index in [0.717, 1.165) is 23.1 Å². The van der Waals surface area contributed by atoms with Gasteiger partial charge in [0, 0.05) is 23.3 Å². The van der Waals surface area contributed by atoms with Crippen LogP contribution >= 0.6 is 0 Å². The molecule has 0 aromatic heterocycles. The Hall–Kier alpha value is -3.93. The normalized spacial score (nSPS) is 37.3. The lowest BCUT2D eigenvalue weighted by molar-refractivity contribution is -0.234. The summed E-state index contributed by atoms with van der Waals surface area (Å²) < 4.78 is 57.9. The van der Waals surface area contributed by atoms with Crippen LogP contribution in [0, 0.1) is 29.6 Å². The van der Waals surface area contributed by atoms with E-state index in [1.165, 1.54) is 18.2 Å². The molecular formula is C41H47F2NO8. The van der Waals surface area contributed by atoms with Crippen LogP contribution in [0.25, 0.3) is 0 Å². The van der Waals surface area contributed by atoms with Gasteiger partial charge in [0.05, 0.1) is 12.2 Å². The monoisotopic (exact) mass is 719 g/mol. The number of rotatable bonds is 10. The number of halogens is 2. The van der Waals surface area contributed by atoms with E-state index in [4.69, 9.17) is 18.9 Å². The molecule has 0 radical (unpaired) electrons. The number of aryl methyl sites for hydroxylation is 1. The molecule has 52 heavy (non-hydrogen) atoms. The number of ether oxygens (including phenoxy) is 4. The highest BCUT2D eigenvalue weighted by atomic mass is 19.1. The lowest BCUT2D eigenvalue weighted by Gasteiger charge is -2.63. The van der Waals surface area contributed by atoms with Crippen LogP contribution in [0.5, 0.6) is 5.75 Å². The minimum atomic E-state index is -2.28. The van der Waals surface area contributed by atoms with Gasteiger partial charge in [-0.05, 0) is 86.4 Å². The molecule has 1 amide bonds. The molecule has 9 nitrogen and oxygen atoms in total. The second kappa shape index (κ2) is 13.5. The molecule has 2 aromatic carbocycles. The molecule has 278 valence electrons. The number of Topliss-reactive ketones (excluding diaryl/α,β-unsaturated/α-hetero) is 1. The third kappa shape index (κ3) is 5.71. The van der Waals surface area contributed by atoms with Gasteiger partial charge in [-0.3, -0.25) is 9.59 Å². The Morgan fingerprint density at radius 3 is 2.46 bits per heavy atom. The van der Waals surface area contributed by atoms with Gasteiger partial charge in [0.1, 0.15) is 25.1 Å². The van der Waals surface area contributed by atoms with Gasteiger partial charge >= 0.3 is 6.09 Å². The van der Waals surface area contributed by atoms with E-state index in [2.05, 4.69) is 5.32 Å². The molecule has 10 atom stereocenters. The fourth-order valence-electron chi connectivity index (χ4n) is 9.90. The highest BCUT2D eigenvalue weighted by Crippen LogP contribution is 2.72. The predicted octanol–water partition coefficient (Wildman–Crippen LogP) is 6.58. The lowest BCUT2D eigenvalue weighted by Crippen LogP contribution is -2.71. The minimum Gasteiger partial charge on any atom is -0.486 e. The fraction of sp³-hybridized carbons (Fsp3) is 0.537. The average molecular weight is 720 g/mol. The van der Waals surface area contributed by atoms with E-state index in [-0.39, 0.29) is 50.4 Å². The number of aliphatic hydroxyl groups excluding tert-OH is 1. The van der Waals surface area contributed by atoms with E-state index >= 15 is 8.78 Å². The van der Waals surface area contributed by atoms with Crippen LogP contribution in [0.4, 0.5) is 13.6 Å². The summed E-state index contributed by atoms with van der Waals surface area (Å²) in [5.74, 6) is -1.90. The first-order valence-electron chi connectivity index (χ1n) is 18.3.